The number of aromatic nitrogens is 2. The third-order valence-electron chi connectivity index (χ3n) is 2.86. The highest BCUT2D eigenvalue weighted by Crippen LogP contribution is 2.29. The molecule has 19 heavy (non-hydrogen) atoms. The van der Waals surface area contributed by atoms with Crippen LogP contribution in [0.25, 0.3) is 11.3 Å². The van der Waals surface area contributed by atoms with Gasteiger partial charge in [0.2, 0.25) is 0 Å². The molecule has 100 valence electrons. The molecule has 5 nitrogen and oxygen atoms in total. The van der Waals surface area contributed by atoms with Gasteiger partial charge in [-0.3, -0.25) is 4.79 Å². The van der Waals surface area contributed by atoms with Crippen molar-refractivity contribution in [1.29, 1.82) is 0 Å². The van der Waals surface area contributed by atoms with Crippen LogP contribution in [0, 0.1) is 0 Å². The Morgan fingerprint density at radius 3 is 2.47 bits per heavy atom. The van der Waals surface area contributed by atoms with Crippen LogP contribution in [0.2, 0.25) is 0 Å². The minimum absolute atomic E-state index is 0.0328. The number of hydrogen-bond donors (Lipinski definition) is 2. The van der Waals surface area contributed by atoms with Gasteiger partial charge >= 0.3 is 0 Å². The van der Waals surface area contributed by atoms with Gasteiger partial charge in [0.25, 0.3) is 5.56 Å². The number of aliphatic hydroxyl groups is 1. The molecule has 1 aromatic carbocycles. The van der Waals surface area contributed by atoms with Crippen LogP contribution in [-0.4, -0.2) is 14.9 Å². The molecule has 0 saturated heterocycles. The van der Waals surface area contributed by atoms with E-state index in [9.17, 15) is 9.90 Å². The van der Waals surface area contributed by atoms with E-state index in [4.69, 9.17) is 5.73 Å². The monoisotopic (exact) mass is 323 g/mol. The van der Waals surface area contributed by atoms with Crippen molar-refractivity contribution in [3.8, 4) is 11.3 Å². The van der Waals surface area contributed by atoms with Crippen molar-refractivity contribution in [1.82, 2.24) is 9.78 Å². The summed E-state index contributed by atoms with van der Waals surface area (Å²) in [6.45, 7) is 1.56. The highest BCUT2D eigenvalue weighted by Gasteiger charge is 2.19. The van der Waals surface area contributed by atoms with Gasteiger partial charge in [-0.2, -0.15) is 5.10 Å². The van der Waals surface area contributed by atoms with E-state index in [1.165, 1.54) is 11.7 Å². The maximum Gasteiger partial charge on any atom is 0.290 e. The maximum absolute atomic E-state index is 11.8. The number of rotatable bonds is 2. The van der Waals surface area contributed by atoms with E-state index in [-0.39, 0.29) is 5.69 Å². The molecule has 3 N–H and O–H groups in total. The van der Waals surface area contributed by atoms with Crippen molar-refractivity contribution in [2.45, 2.75) is 13.0 Å². The summed E-state index contributed by atoms with van der Waals surface area (Å²) in [7, 11) is 1.53. The first-order valence-corrected chi connectivity index (χ1v) is 6.51. The topological polar surface area (TPSA) is 81.1 Å². The Kier molecular flexibility index (Phi) is 3.73. The van der Waals surface area contributed by atoms with Crippen LogP contribution < -0.4 is 11.3 Å². The first kappa shape index (κ1) is 13.8. The van der Waals surface area contributed by atoms with Gasteiger partial charge in [0.05, 0.1) is 11.8 Å². The molecule has 1 unspecified atom stereocenters. The number of aliphatic hydroxyl groups excluding tert-OH is 1. The number of anilines is 1. The average molecular weight is 324 g/mol. The van der Waals surface area contributed by atoms with Crippen LogP contribution in [0.1, 0.15) is 18.6 Å². The van der Waals surface area contributed by atoms with Crippen LogP contribution >= 0.6 is 15.9 Å². The second-order valence-electron chi connectivity index (χ2n) is 4.29. The first-order chi connectivity index (χ1) is 8.91. The van der Waals surface area contributed by atoms with E-state index in [2.05, 4.69) is 21.0 Å². The molecule has 0 aliphatic rings. The van der Waals surface area contributed by atoms with Gasteiger partial charge in [0.1, 0.15) is 5.69 Å². The molecule has 0 bridgehead atoms. The van der Waals surface area contributed by atoms with Crippen LogP contribution in [0.4, 0.5) is 5.69 Å². The fourth-order valence-electron chi connectivity index (χ4n) is 1.91. The smallest absolute Gasteiger partial charge is 0.290 e. The zero-order valence-electron chi connectivity index (χ0n) is 10.6. The van der Waals surface area contributed by atoms with Crippen molar-refractivity contribution in [2.24, 2.45) is 7.05 Å². The molecule has 1 heterocycles. The molecular weight excluding hydrogens is 310 g/mol. The summed E-state index contributed by atoms with van der Waals surface area (Å²) < 4.78 is 2.12. The van der Waals surface area contributed by atoms with Crippen LogP contribution in [-0.2, 0) is 7.05 Å². The minimum atomic E-state index is -0.861. The van der Waals surface area contributed by atoms with Crippen LogP contribution in [0.5, 0.6) is 0 Å². The number of nitrogens with two attached hydrogens (primary N) is 1. The van der Waals surface area contributed by atoms with E-state index in [0.29, 0.717) is 11.3 Å². The fourth-order valence-corrected chi connectivity index (χ4v) is 2.17. The van der Waals surface area contributed by atoms with E-state index in [1.54, 1.807) is 6.92 Å². The molecule has 0 aliphatic heterocycles. The lowest BCUT2D eigenvalue weighted by Crippen LogP contribution is -2.26. The molecule has 6 heteroatoms. The first-order valence-electron chi connectivity index (χ1n) is 5.72. The largest absolute Gasteiger partial charge is 0.394 e. The van der Waals surface area contributed by atoms with Gasteiger partial charge in [-0.25, -0.2) is 4.68 Å². The van der Waals surface area contributed by atoms with Crippen LogP contribution in [0.15, 0.2) is 33.5 Å². The SMILES string of the molecule is CC(O)c1c(-c2ccc(Br)cc2)nn(C)c(=O)c1N. The molecule has 0 aliphatic carbocycles. The Morgan fingerprint density at radius 1 is 1.37 bits per heavy atom. The van der Waals surface area contributed by atoms with Crippen molar-refractivity contribution in [2.75, 3.05) is 5.73 Å². The summed E-state index contributed by atoms with van der Waals surface area (Å²) in [5, 5.41) is 14.0. The molecule has 0 saturated carbocycles. The summed E-state index contributed by atoms with van der Waals surface area (Å²) in [6.07, 6.45) is -0.861. The zero-order valence-corrected chi connectivity index (χ0v) is 12.2. The highest BCUT2D eigenvalue weighted by molar-refractivity contribution is 9.10. The summed E-state index contributed by atoms with van der Waals surface area (Å²) in [4.78, 5) is 11.8. The van der Waals surface area contributed by atoms with Gasteiger partial charge < -0.3 is 10.8 Å². The van der Waals surface area contributed by atoms with Gasteiger partial charge in [-0.05, 0) is 19.1 Å². The second-order valence-corrected chi connectivity index (χ2v) is 5.20. The minimum Gasteiger partial charge on any atom is -0.394 e. The van der Waals surface area contributed by atoms with E-state index in [1.807, 2.05) is 24.3 Å². The number of halogens is 1. The number of nitrogen functional groups attached to an aromatic ring is 1. The summed E-state index contributed by atoms with van der Waals surface area (Å²) in [5.74, 6) is 0. The van der Waals surface area contributed by atoms with E-state index >= 15 is 0 Å². The average Bonchev–Trinajstić information content (AvgIpc) is 2.36. The standard InChI is InChI=1S/C13H14BrN3O2/c1-7(18)10-11(15)13(19)17(2)16-12(10)8-3-5-9(14)6-4-8/h3-7,18H,15H2,1-2H3. The molecule has 0 amide bonds. The molecule has 1 atom stereocenters. The Hall–Kier alpha value is -1.66. The Balaban J connectivity index is 2.75. The number of benzene rings is 1. The Bertz CT molecular complexity index is 663. The number of aryl methyl sites for hydroxylation is 1. The molecule has 1 aromatic heterocycles. The predicted octanol–water partition coefficient (Wildman–Crippen LogP) is 1.85. The third-order valence-corrected chi connectivity index (χ3v) is 3.38. The lowest BCUT2D eigenvalue weighted by Gasteiger charge is -2.15. The third kappa shape index (κ3) is 2.54. The van der Waals surface area contributed by atoms with Crippen LogP contribution in [0.3, 0.4) is 0 Å². The van der Waals surface area contributed by atoms with E-state index in [0.717, 1.165) is 10.0 Å². The molecule has 0 spiro atoms. The normalized spacial score (nSPS) is 12.4. The van der Waals surface area contributed by atoms with Crippen molar-refractivity contribution >= 4 is 21.6 Å². The lowest BCUT2D eigenvalue weighted by atomic mass is 10.0. The lowest BCUT2D eigenvalue weighted by molar-refractivity contribution is 0.199. The molecule has 0 radical (unpaired) electrons. The quantitative estimate of drug-likeness (QED) is 0.883. The van der Waals surface area contributed by atoms with E-state index < -0.39 is 11.7 Å². The Labute approximate surface area is 118 Å². The fraction of sp³-hybridized carbons (Fsp3) is 0.231. The zero-order chi connectivity index (χ0) is 14.2. The summed E-state index contributed by atoms with van der Waals surface area (Å²) >= 11 is 3.36. The van der Waals surface area contributed by atoms with Crippen molar-refractivity contribution < 1.29 is 5.11 Å². The molecule has 2 aromatic rings. The second kappa shape index (κ2) is 5.14. The number of nitrogens with zero attached hydrogens (tertiary/aromatic N) is 2. The predicted molar refractivity (Wildman–Crippen MR) is 77.7 cm³/mol. The maximum atomic E-state index is 11.8. The van der Waals surface area contributed by atoms with Gasteiger partial charge in [-0.1, -0.05) is 28.1 Å². The van der Waals surface area contributed by atoms with Gasteiger partial charge in [0.15, 0.2) is 0 Å². The van der Waals surface area contributed by atoms with Crippen molar-refractivity contribution in [3.05, 3.63) is 44.7 Å². The highest BCUT2D eigenvalue weighted by atomic mass is 79.9. The van der Waals surface area contributed by atoms with Crippen molar-refractivity contribution in [3.63, 3.8) is 0 Å². The van der Waals surface area contributed by atoms with Gasteiger partial charge in [0, 0.05) is 22.6 Å². The summed E-state index contributed by atoms with van der Waals surface area (Å²) in [5.41, 5.74) is 7.11. The summed E-state index contributed by atoms with van der Waals surface area (Å²) in [6, 6.07) is 7.43. The Morgan fingerprint density at radius 2 is 1.95 bits per heavy atom. The molecule has 2 rings (SSSR count). The molecular formula is C13H14BrN3O2. The molecule has 0 fully saturated rings. The number of hydrogen-bond acceptors (Lipinski definition) is 4. The van der Waals surface area contributed by atoms with Gasteiger partial charge in [-0.15, -0.1) is 0 Å².